The van der Waals surface area contributed by atoms with E-state index in [-0.39, 0.29) is 22.9 Å². The summed E-state index contributed by atoms with van der Waals surface area (Å²) in [6.45, 7) is 0. The summed E-state index contributed by atoms with van der Waals surface area (Å²) in [6.07, 6.45) is 4.86. The van der Waals surface area contributed by atoms with Gasteiger partial charge in [-0.3, -0.25) is 14.9 Å². The lowest BCUT2D eigenvalue weighted by Crippen LogP contribution is -2.12. The molecule has 3 aromatic heterocycles. The van der Waals surface area contributed by atoms with Crippen molar-refractivity contribution in [2.45, 2.75) is 0 Å². The molecule has 0 aliphatic carbocycles. The van der Waals surface area contributed by atoms with E-state index in [1.165, 1.54) is 24.4 Å². The summed E-state index contributed by atoms with van der Waals surface area (Å²) in [6, 6.07) is 15.9. The first kappa shape index (κ1) is 19.9. The van der Waals surface area contributed by atoms with Crippen LogP contribution in [0.4, 0.5) is 11.4 Å². The molecule has 33 heavy (non-hydrogen) atoms. The van der Waals surface area contributed by atoms with Gasteiger partial charge in [0.25, 0.3) is 11.6 Å². The number of pyridine rings is 1. The Bertz CT molecular complexity index is 1470. The number of nitro groups is 1. The predicted octanol–water partition coefficient (Wildman–Crippen LogP) is 3.68. The Balaban J connectivity index is 1.34. The maximum Gasteiger partial charge on any atom is 0.271 e. The molecule has 11 heteroatoms. The number of amides is 1. The average Bonchev–Trinajstić information content (AvgIpc) is 3.48. The second-order valence-corrected chi connectivity index (χ2v) is 7.06. The van der Waals surface area contributed by atoms with E-state index in [2.05, 4.69) is 20.4 Å². The van der Waals surface area contributed by atoms with Gasteiger partial charge in [0.2, 0.25) is 0 Å². The molecular formula is C22H15N7O4. The van der Waals surface area contributed by atoms with E-state index in [4.69, 9.17) is 0 Å². The molecule has 0 aliphatic heterocycles. The third-order valence-electron chi connectivity index (χ3n) is 4.98. The van der Waals surface area contributed by atoms with E-state index in [1.807, 2.05) is 0 Å². The first-order chi connectivity index (χ1) is 16.0. The predicted molar refractivity (Wildman–Crippen MR) is 118 cm³/mol. The van der Waals surface area contributed by atoms with Crippen molar-refractivity contribution >= 4 is 28.3 Å². The van der Waals surface area contributed by atoms with Gasteiger partial charge in [0.15, 0.2) is 11.6 Å². The van der Waals surface area contributed by atoms with Crippen molar-refractivity contribution in [1.29, 1.82) is 0 Å². The monoisotopic (exact) mass is 441 g/mol. The number of aromatic nitrogens is 5. The first-order valence-electron chi connectivity index (χ1n) is 9.73. The molecule has 0 bridgehead atoms. The highest BCUT2D eigenvalue weighted by Crippen LogP contribution is 2.27. The van der Waals surface area contributed by atoms with Crippen LogP contribution in [0.25, 0.3) is 28.2 Å². The second-order valence-electron chi connectivity index (χ2n) is 7.06. The average molecular weight is 441 g/mol. The number of imidazole rings is 1. The number of carbonyl (C=O) groups excluding carboxylic acids is 1. The van der Waals surface area contributed by atoms with Gasteiger partial charge in [-0.15, -0.1) is 0 Å². The zero-order valence-electron chi connectivity index (χ0n) is 16.9. The summed E-state index contributed by atoms with van der Waals surface area (Å²) in [5.41, 5.74) is 1.99. The van der Waals surface area contributed by atoms with Gasteiger partial charge < -0.3 is 10.5 Å². The minimum Gasteiger partial charge on any atom is -0.426 e. The van der Waals surface area contributed by atoms with Gasteiger partial charge in [-0.05, 0) is 48.5 Å². The van der Waals surface area contributed by atoms with Crippen LogP contribution in [0.5, 0.6) is 0 Å². The van der Waals surface area contributed by atoms with Gasteiger partial charge in [0.1, 0.15) is 5.52 Å². The van der Waals surface area contributed by atoms with Crippen LogP contribution in [0.1, 0.15) is 10.4 Å². The summed E-state index contributed by atoms with van der Waals surface area (Å²) >= 11 is 0. The lowest BCUT2D eigenvalue weighted by molar-refractivity contribution is -0.384. The molecule has 1 amide bonds. The van der Waals surface area contributed by atoms with E-state index in [0.717, 1.165) is 4.73 Å². The van der Waals surface area contributed by atoms with Gasteiger partial charge in [0.05, 0.1) is 16.0 Å². The van der Waals surface area contributed by atoms with Crippen molar-refractivity contribution in [1.82, 2.24) is 24.5 Å². The smallest absolute Gasteiger partial charge is 0.271 e. The fourth-order valence-electron chi connectivity index (χ4n) is 3.32. The number of carbonyl (C=O) groups is 1. The highest BCUT2D eigenvalue weighted by molar-refractivity contribution is 6.04. The van der Waals surface area contributed by atoms with E-state index < -0.39 is 4.92 Å². The molecule has 11 nitrogen and oxygen atoms in total. The van der Waals surface area contributed by atoms with Crippen molar-refractivity contribution in [3.8, 4) is 17.2 Å². The summed E-state index contributed by atoms with van der Waals surface area (Å²) in [7, 11) is 0. The Morgan fingerprint density at radius 3 is 2.58 bits per heavy atom. The molecule has 0 spiro atoms. The molecule has 0 fully saturated rings. The van der Waals surface area contributed by atoms with E-state index in [1.54, 1.807) is 59.5 Å². The number of hydrogen-bond donors (Lipinski definition) is 2. The fraction of sp³-hybridized carbons (Fsp3) is 0. The summed E-state index contributed by atoms with van der Waals surface area (Å²) in [5.74, 6) is 0.490. The quantitative estimate of drug-likeness (QED) is 0.241. The van der Waals surface area contributed by atoms with Crippen molar-refractivity contribution in [3.63, 3.8) is 0 Å². The summed E-state index contributed by atoms with van der Waals surface area (Å²) < 4.78 is 2.40. The number of nitrogens with one attached hydrogen (secondary N) is 1. The molecule has 2 aromatic carbocycles. The number of nitrogens with zero attached hydrogens (tertiary/aromatic N) is 6. The van der Waals surface area contributed by atoms with Crippen LogP contribution in [-0.4, -0.2) is 40.5 Å². The maximum atomic E-state index is 12.5. The van der Waals surface area contributed by atoms with Gasteiger partial charge in [-0.1, -0.05) is 0 Å². The standard InChI is InChI=1S/C22H15N7O4/c30-22(15-4-9-20(23-13-15)27-11-1-10-24-27)25-16-5-2-14(3-6-16)21-26-18-8-7-17(29(32)33)12-19(18)28(21)31/h1-13,31H,(H,25,30). The molecule has 2 N–H and O–H groups in total. The normalized spacial score (nSPS) is 10.9. The van der Waals surface area contributed by atoms with E-state index in [9.17, 15) is 20.1 Å². The Hall–Kier alpha value is -5.06. The molecule has 0 atom stereocenters. The molecule has 0 saturated carbocycles. The van der Waals surface area contributed by atoms with Gasteiger partial charge in [-0.2, -0.15) is 9.83 Å². The minimum atomic E-state index is -0.538. The number of non-ortho nitro benzene ring substituents is 1. The number of benzene rings is 2. The topological polar surface area (TPSA) is 141 Å². The summed E-state index contributed by atoms with van der Waals surface area (Å²) in [5, 5.41) is 28.3. The number of hydrogen-bond acceptors (Lipinski definition) is 7. The first-order valence-corrected chi connectivity index (χ1v) is 9.73. The molecule has 5 rings (SSSR count). The fourth-order valence-corrected chi connectivity index (χ4v) is 3.32. The Morgan fingerprint density at radius 2 is 1.91 bits per heavy atom. The highest BCUT2D eigenvalue weighted by Gasteiger charge is 2.16. The van der Waals surface area contributed by atoms with E-state index in [0.29, 0.717) is 28.1 Å². The zero-order chi connectivity index (χ0) is 22.9. The molecule has 0 aliphatic rings. The van der Waals surface area contributed by atoms with Crippen LogP contribution in [0.15, 0.2) is 79.3 Å². The van der Waals surface area contributed by atoms with Crippen LogP contribution in [-0.2, 0) is 0 Å². The van der Waals surface area contributed by atoms with Crippen LogP contribution >= 0.6 is 0 Å². The molecule has 0 unspecified atom stereocenters. The number of nitro benzene ring substituents is 1. The molecule has 0 saturated heterocycles. The minimum absolute atomic E-state index is 0.144. The molecule has 0 radical (unpaired) electrons. The number of rotatable bonds is 5. The third kappa shape index (κ3) is 3.74. The Labute approximate surface area is 185 Å². The van der Waals surface area contributed by atoms with Gasteiger partial charge in [-0.25, -0.2) is 14.6 Å². The zero-order valence-corrected chi connectivity index (χ0v) is 16.9. The third-order valence-corrected chi connectivity index (χ3v) is 4.98. The second kappa shape index (κ2) is 7.89. The van der Waals surface area contributed by atoms with Crippen LogP contribution in [0.2, 0.25) is 0 Å². The summed E-state index contributed by atoms with van der Waals surface area (Å²) in [4.78, 5) is 31.6. The van der Waals surface area contributed by atoms with Crippen LogP contribution in [0, 0.1) is 10.1 Å². The van der Waals surface area contributed by atoms with Crippen molar-refractivity contribution < 1.29 is 14.9 Å². The Morgan fingerprint density at radius 1 is 1.09 bits per heavy atom. The van der Waals surface area contributed by atoms with Crippen LogP contribution < -0.4 is 5.32 Å². The molecule has 5 aromatic rings. The van der Waals surface area contributed by atoms with Crippen molar-refractivity contribution in [2.24, 2.45) is 0 Å². The largest absolute Gasteiger partial charge is 0.426 e. The highest BCUT2D eigenvalue weighted by atomic mass is 16.6. The molecule has 162 valence electrons. The van der Waals surface area contributed by atoms with Gasteiger partial charge >= 0.3 is 0 Å². The molecular weight excluding hydrogens is 426 g/mol. The Kier molecular flexibility index (Phi) is 4.75. The SMILES string of the molecule is O=C(Nc1ccc(-c2nc3ccc([N+](=O)[O-])cc3n2O)cc1)c1ccc(-n2cccn2)nc1. The number of fused-ring (bicyclic) bond motifs is 1. The van der Waals surface area contributed by atoms with E-state index >= 15 is 0 Å². The van der Waals surface area contributed by atoms with Gasteiger partial charge in [0, 0.05) is 42.0 Å². The van der Waals surface area contributed by atoms with Crippen LogP contribution in [0.3, 0.4) is 0 Å². The van der Waals surface area contributed by atoms with Crippen molar-refractivity contribution in [2.75, 3.05) is 5.32 Å². The van der Waals surface area contributed by atoms with Crippen molar-refractivity contribution in [3.05, 3.63) is 94.9 Å². The molecule has 3 heterocycles. The lowest BCUT2D eigenvalue weighted by Gasteiger charge is -2.07. The maximum absolute atomic E-state index is 12.5. The lowest BCUT2D eigenvalue weighted by atomic mass is 10.2. The number of anilines is 1.